The number of carbonyl (C=O) groups is 3. The number of benzene rings is 2. The summed E-state index contributed by atoms with van der Waals surface area (Å²) in [5.41, 5.74) is 4.42. The summed E-state index contributed by atoms with van der Waals surface area (Å²) in [6.45, 7) is 1.87. The minimum Gasteiger partial charge on any atom is -0.481 e. The first-order valence-electron chi connectivity index (χ1n) is 10.5. The zero-order chi connectivity index (χ0) is 23.4. The minimum atomic E-state index is -0.930. The lowest BCUT2D eigenvalue weighted by molar-refractivity contribution is -0.141. The molecule has 170 valence electrons. The summed E-state index contributed by atoms with van der Waals surface area (Å²) in [4.78, 5) is 35.2. The number of hydrogen-bond donors (Lipinski definition) is 3. The molecule has 2 aromatic carbocycles. The van der Waals surface area contributed by atoms with Crippen LogP contribution >= 0.6 is 0 Å². The molecule has 0 aliphatic heterocycles. The topological polar surface area (TPSA) is 131 Å². The first kappa shape index (κ1) is 22.1. The molecule has 1 aliphatic rings. The van der Waals surface area contributed by atoms with Crippen molar-refractivity contribution in [2.75, 3.05) is 18.5 Å². The fraction of sp³-hybridized carbons (Fsp3) is 0.250. The van der Waals surface area contributed by atoms with Gasteiger partial charge in [-0.3, -0.25) is 14.9 Å². The van der Waals surface area contributed by atoms with Crippen LogP contribution in [0.5, 0.6) is 0 Å². The van der Waals surface area contributed by atoms with Crippen LogP contribution in [-0.2, 0) is 9.53 Å². The van der Waals surface area contributed by atoms with E-state index in [1.54, 1.807) is 6.92 Å². The Kier molecular flexibility index (Phi) is 6.39. The van der Waals surface area contributed by atoms with Gasteiger partial charge >= 0.3 is 12.1 Å². The molecule has 33 heavy (non-hydrogen) atoms. The van der Waals surface area contributed by atoms with Crippen molar-refractivity contribution >= 4 is 23.9 Å². The number of amides is 2. The normalized spacial score (nSPS) is 13.0. The van der Waals surface area contributed by atoms with Crippen molar-refractivity contribution in [1.82, 2.24) is 10.5 Å². The van der Waals surface area contributed by atoms with E-state index < -0.39 is 23.9 Å². The second-order valence-electron chi connectivity index (χ2n) is 7.81. The zero-order valence-electron chi connectivity index (χ0n) is 17.9. The van der Waals surface area contributed by atoms with Crippen molar-refractivity contribution in [2.24, 2.45) is 5.92 Å². The predicted octanol–water partition coefficient (Wildman–Crippen LogP) is 3.88. The average molecular weight is 449 g/mol. The lowest BCUT2D eigenvalue weighted by Crippen LogP contribution is -2.27. The molecule has 1 unspecified atom stereocenters. The standard InChI is InChI=1S/C24H23N3O6/c1-14(23(29)30)10-11-25-22(28)20-12-21(33-27-20)26-24(31)32-13-19-17-8-4-2-6-15(17)16-7-3-5-9-18(16)19/h2-9,12,14,19H,10-11,13H2,1H3,(H,25,28)(H,26,31)(H,29,30). The van der Waals surface area contributed by atoms with Gasteiger partial charge in [-0.15, -0.1) is 0 Å². The van der Waals surface area contributed by atoms with Crippen LogP contribution in [0.25, 0.3) is 11.1 Å². The SMILES string of the molecule is CC(CCNC(=O)c1cc(NC(=O)OCC2c3ccccc3-c3ccccc32)on1)C(=O)O. The molecular weight excluding hydrogens is 426 g/mol. The van der Waals surface area contributed by atoms with Gasteiger partial charge in [0.05, 0.1) is 5.92 Å². The number of nitrogens with one attached hydrogen (secondary N) is 2. The molecule has 9 nitrogen and oxygen atoms in total. The number of aromatic nitrogens is 1. The number of aliphatic carboxylic acids is 1. The molecule has 1 aliphatic carbocycles. The van der Waals surface area contributed by atoms with Crippen LogP contribution in [-0.4, -0.2) is 41.4 Å². The van der Waals surface area contributed by atoms with Crippen LogP contribution in [0.4, 0.5) is 10.7 Å². The minimum absolute atomic E-state index is 0.0312. The Hall–Kier alpha value is -4.14. The number of fused-ring (bicyclic) bond motifs is 3. The van der Waals surface area contributed by atoms with E-state index in [9.17, 15) is 14.4 Å². The lowest BCUT2D eigenvalue weighted by Gasteiger charge is -2.13. The maximum atomic E-state index is 12.3. The van der Waals surface area contributed by atoms with Crippen LogP contribution in [0, 0.1) is 5.92 Å². The van der Waals surface area contributed by atoms with Gasteiger partial charge < -0.3 is 19.7 Å². The first-order valence-corrected chi connectivity index (χ1v) is 10.5. The molecule has 1 aromatic heterocycles. The van der Waals surface area contributed by atoms with Gasteiger partial charge in [-0.1, -0.05) is 60.6 Å². The molecule has 0 bridgehead atoms. The maximum absolute atomic E-state index is 12.3. The number of carboxylic acid groups (broad SMARTS) is 1. The third kappa shape index (κ3) is 4.87. The fourth-order valence-corrected chi connectivity index (χ4v) is 3.79. The van der Waals surface area contributed by atoms with Crippen molar-refractivity contribution in [3.05, 3.63) is 71.4 Å². The summed E-state index contributed by atoms with van der Waals surface area (Å²) in [5, 5.41) is 17.5. The van der Waals surface area contributed by atoms with E-state index >= 15 is 0 Å². The molecule has 3 N–H and O–H groups in total. The molecule has 0 saturated heterocycles. The van der Waals surface area contributed by atoms with E-state index in [2.05, 4.69) is 27.9 Å². The molecule has 3 aromatic rings. The summed E-state index contributed by atoms with van der Waals surface area (Å²) in [6.07, 6.45) is -0.445. The van der Waals surface area contributed by atoms with Crippen molar-refractivity contribution in [2.45, 2.75) is 19.3 Å². The quantitative estimate of drug-likeness (QED) is 0.476. The molecule has 0 spiro atoms. The molecule has 0 radical (unpaired) electrons. The monoisotopic (exact) mass is 449 g/mol. The highest BCUT2D eigenvalue weighted by atomic mass is 16.6. The number of carboxylic acids is 1. The van der Waals surface area contributed by atoms with Gasteiger partial charge in [0.2, 0.25) is 5.88 Å². The predicted molar refractivity (Wildman–Crippen MR) is 119 cm³/mol. The molecule has 1 atom stereocenters. The smallest absolute Gasteiger partial charge is 0.414 e. The number of nitrogens with zero attached hydrogens (tertiary/aromatic N) is 1. The maximum Gasteiger partial charge on any atom is 0.414 e. The summed E-state index contributed by atoms with van der Waals surface area (Å²) < 4.78 is 10.4. The number of hydrogen-bond acceptors (Lipinski definition) is 6. The Morgan fingerprint density at radius 1 is 1.09 bits per heavy atom. The summed E-state index contributed by atoms with van der Waals surface area (Å²) >= 11 is 0. The van der Waals surface area contributed by atoms with Gasteiger partial charge in [-0.2, -0.15) is 0 Å². The number of rotatable bonds is 8. The van der Waals surface area contributed by atoms with Gasteiger partial charge in [-0.25, -0.2) is 4.79 Å². The van der Waals surface area contributed by atoms with Crippen LogP contribution in [0.15, 0.2) is 59.1 Å². The Morgan fingerprint density at radius 2 is 1.73 bits per heavy atom. The Labute approximate surface area is 189 Å². The first-order chi connectivity index (χ1) is 15.9. The Bertz CT molecular complexity index is 1140. The molecule has 9 heteroatoms. The Morgan fingerprint density at radius 3 is 2.36 bits per heavy atom. The highest BCUT2D eigenvalue weighted by Crippen LogP contribution is 2.44. The largest absolute Gasteiger partial charge is 0.481 e. The van der Waals surface area contributed by atoms with Crippen molar-refractivity contribution < 1.29 is 28.8 Å². The van der Waals surface area contributed by atoms with Crippen LogP contribution < -0.4 is 10.6 Å². The fourth-order valence-electron chi connectivity index (χ4n) is 3.79. The van der Waals surface area contributed by atoms with Crippen molar-refractivity contribution in [1.29, 1.82) is 0 Å². The molecular formula is C24H23N3O6. The molecule has 0 saturated carbocycles. The molecule has 0 fully saturated rings. The highest BCUT2D eigenvalue weighted by Gasteiger charge is 2.29. The number of anilines is 1. The highest BCUT2D eigenvalue weighted by molar-refractivity contribution is 5.93. The van der Waals surface area contributed by atoms with Crippen LogP contribution in [0.3, 0.4) is 0 Å². The average Bonchev–Trinajstić information content (AvgIpc) is 3.40. The van der Waals surface area contributed by atoms with E-state index in [0.717, 1.165) is 22.3 Å². The Balaban J connectivity index is 1.31. The molecule has 2 amide bonds. The zero-order valence-corrected chi connectivity index (χ0v) is 17.9. The van der Waals surface area contributed by atoms with E-state index in [1.807, 2.05) is 36.4 Å². The van der Waals surface area contributed by atoms with Crippen LogP contribution in [0.2, 0.25) is 0 Å². The summed E-state index contributed by atoms with van der Waals surface area (Å²) in [6, 6.07) is 17.3. The van der Waals surface area contributed by atoms with Gasteiger partial charge in [0.15, 0.2) is 5.69 Å². The van der Waals surface area contributed by atoms with E-state index in [0.29, 0.717) is 0 Å². The van der Waals surface area contributed by atoms with Gasteiger partial charge in [-0.05, 0) is 28.7 Å². The third-order valence-corrected chi connectivity index (χ3v) is 5.60. The molecule has 1 heterocycles. The van der Waals surface area contributed by atoms with Gasteiger partial charge in [0.1, 0.15) is 6.61 Å². The van der Waals surface area contributed by atoms with E-state index in [1.165, 1.54) is 6.07 Å². The van der Waals surface area contributed by atoms with Crippen LogP contribution in [0.1, 0.15) is 40.9 Å². The summed E-state index contributed by atoms with van der Waals surface area (Å²) in [5.74, 6) is -2.14. The lowest BCUT2D eigenvalue weighted by atomic mass is 9.98. The second-order valence-corrected chi connectivity index (χ2v) is 7.81. The van der Waals surface area contributed by atoms with Gasteiger partial charge in [0.25, 0.3) is 5.91 Å². The third-order valence-electron chi connectivity index (χ3n) is 5.60. The van der Waals surface area contributed by atoms with Crippen molar-refractivity contribution in [3.8, 4) is 11.1 Å². The molecule has 4 rings (SSSR count). The van der Waals surface area contributed by atoms with Crippen molar-refractivity contribution in [3.63, 3.8) is 0 Å². The summed E-state index contributed by atoms with van der Waals surface area (Å²) in [7, 11) is 0. The van der Waals surface area contributed by atoms with E-state index in [-0.39, 0.29) is 37.1 Å². The van der Waals surface area contributed by atoms with E-state index in [4.69, 9.17) is 14.4 Å². The number of ether oxygens (including phenoxy) is 1. The second kappa shape index (κ2) is 9.56. The number of carbonyl (C=O) groups excluding carboxylic acids is 2. The van der Waals surface area contributed by atoms with Gasteiger partial charge in [0, 0.05) is 18.5 Å².